The summed E-state index contributed by atoms with van der Waals surface area (Å²) in [4.78, 5) is 36.0. The van der Waals surface area contributed by atoms with Crippen LogP contribution in [0.15, 0.2) is 234 Å². The molecule has 1 aromatic carbocycles. The molecule has 0 bridgehead atoms. The number of rotatable bonds is 0. The second-order valence-electron chi connectivity index (χ2n) is 9.79. The van der Waals surface area contributed by atoms with Crippen LogP contribution in [-0.4, -0.2) is 80.7 Å². The van der Waals surface area contributed by atoms with Gasteiger partial charge in [-0.05, 0) is 61.0 Å². The number of aryl methyl sites for hydroxylation is 2. The normalized spacial score (nSPS) is 5.11. The van der Waals surface area contributed by atoms with Crippen molar-refractivity contribution in [2.24, 2.45) is 0 Å². The van der Waals surface area contributed by atoms with Crippen LogP contribution in [0.2, 0.25) is 0 Å². The Kier molecular flexibility index (Phi) is 924. The molecule has 0 aliphatic carbocycles. The molecule has 0 fully saturated rings. The first-order valence-electron chi connectivity index (χ1n) is 37.6. The summed E-state index contributed by atoms with van der Waals surface area (Å²) in [5.74, 6) is 0.759. The van der Waals surface area contributed by atoms with Gasteiger partial charge in [-0.2, -0.15) is 21.6 Å². The Bertz CT molecular complexity index is 1720. The number of furan rings is 1. The Labute approximate surface area is 1020 Å². The summed E-state index contributed by atoms with van der Waals surface area (Å²) < 4.78 is 9.06. The minimum atomic E-state index is 0. The summed E-state index contributed by atoms with van der Waals surface area (Å²) in [5.41, 5.74) is 3.11. The Morgan fingerprint density at radius 3 is 0.752 bits per heavy atom. The number of hydrogen-bond acceptors (Lipinski definition) is 17. The maximum absolute atomic E-state index is 4.58. The molecular formula is C91H196N16O2S2Y10-10. The standard InChI is InChI=1S/C7H8.C5H5N.C4H5N3.C4H4N2.C4H4O.C4H4S.2C3H4N2.C3H3NO.C3H3NS.20C2H6.CH2N4.10CH3.10Y/c1-7-5-3-2-4-6-7;1-2-4-6-5-3-1;1-4-6-2-5-3-7-4;1-2-5-4-6-3-1;2*1-2-4-5-3-1;1-2-5-3-4-1;1-2-4-5-3-1;2*1-2-5-3-4-1;20*1-2;1-2-4-5-3-1;;;;;;;;;;;;;;;;;;;;/h2-6H,1H3;1-5H;2-3H,1H3;1-4H;2*1-4H;2*1-3H,(H,4,5);2*1-3H;20*1-2H3;1H,(H,2,3,4,5);10*1H3;;;;;;;;;;/q;;;;;;;;;;;;;;;;;;;;;;;;;;;;;;;10*-1;;;;;;;;;;. The summed E-state index contributed by atoms with van der Waals surface area (Å²) in [5, 5.41) is 24.4. The zero-order valence-electron chi connectivity index (χ0n) is 89.1. The van der Waals surface area contributed by atoms with Crippen LogP contribution in [-0.2, 0) is 327 Å². The zero-order chi connectivity index (χ0) is 83.5. The third kappa shape index (κ3) is 414. The van der Waals surface area contributed by atoms with Gasteiger partial charge < -0.3 is 88.1 Å². The predicted molar refractivity (Wildman–Crippen MR) is 526 cm³/mol. The van der Waals surface area contributed by atoms with Crippen molar-refractivity contribution >= 4 is 22.7 Å². The van der Waals surface area contributed by atoms with Gasteiger partial charge in [0.1, 0.15) is 31.1 Å². The van der Waals surface area contributed by atoms with E-state index < -0.39 is 0 Å². The SMILES string of the molecule is CC.CC.CC.CC.CC.CC.CC.CC.CC.CC.CC.CC.CC.CC.CC.CC.CC.CC.CC.CC.Cc1ccccc1.Cc1ncncn1.[CH3-].[CH3-].[CH3-].[CH3-].[CH3-].[CH3-].[CH3-].[CH3-].[CH3-].[CH3-].[Y].[Y].[Y].[Y].[Y].[Y].[Y].[Y].[Y].[Y].c1c[nH]cn1.c1ccncc1.c1ccoc1.c1ccsc1.c1cn[nH]c1.c1cncnc1.c1cocn1.c1cscn1.c1nn[nH]n1. The van der Waals surface area contributed by atoms with Gasteiger partial charge in [0.2, 0.25) is 0 Å². The molecule has 18 nitrogen and oxygen atoms in total. The Morgan fingerprint density at radius 1 is 0.273 bits per heavy atom. The third-order valence-corrected chi connectivity index (χ3v) is 6.38. The number of pyridine rings is 1. The van der Waals surface area contributed by atoms with Crippen LogP contribution >= 0.6 is 22.7 Å². The van der Waals surface area contributed by atoms with E-state index in [1.807, 2.05) is 367 Å². The van der Waals surface area contributed by atoms with Crippen LogP contribution in [0.5, 0.6) is 0 Å². The van der Waals surface area contributed by atoms with E-state index in [-0.39, 0.29) is 401 Å². The minimum Gasteiger partial charge on any atom is -0.473 e. The first kappa shape index (κ1) is 266. The average Bonchev–Trinajstić information content (AvgIpc) is 1.76. The molecule has 0 saturated carbocycles. The van der Waals surface area contributed by atoms with Gasteiger partial charge in [0.15, 0.2) is 12.7 Å². The molecule has 10 radical (unpaired) electrons. The smallest absolute Gasteiger partial charge is 0.180 e. The van der Waals surface area contributed by atoms with Crippen molar-refractivity contribution in [3.05, 3.63) is 311 Å². The van der Waals surface area contributed by atoms with Crippen molar-refractivity contribution in [2.45, 2.75) is 291 Å². The number of nitrogens with one attached hydrogen (secondary N) is 3. The van der Waals surface area contributed by atoms with Gasteiger partial charge in [-0.3, -0.25) is 15.1 Å². The van der Waals surface area contributed by atoms with Gasteiger partial charge in [-0.15, -0.1) is 21.5 Å². The van der Waals surface area contributed by atoms with Gasteiger partial charge in [0, 0.05) is 388 Å². The number of oxazole rings is 1. The van der Waals surface area contributed by atoms with Crippen LogP contribution in [0, 0.1) is 88.1 Å². The van der Waals surface area contributed by atoms with Crippen LogP contribution in [0.3, 0.4) is 0 Å². The number of hydrogen-bond donors (Lipinski definition) is 3. The maximum Gasteiger partial charge on any atom is 0.180 e. The molecule has 11 aromatic rings. The average molecular weight is 2500 g/mol. The fourth-order valence-corrected chi connectivity index (χ4v) is 3.57. The van der Waals surface area contributed by atoms with Gasteiger partial charge in [0.25, 0.3) is 0 Å². The number of nitrogens with zero attached hydrogens (tertiary/aromatic N) is 13. The first-order valence-corrected chi connectivity index (χ1v) is 39.4. The Hall–Kier alpha value is 2.81. The quantitative estimate of drug-likeness (QED) is 0.120. The number of imidazole rings is 1. The molecule has 10 heterocycles. The molecule has 0 spiro atoms. The second kappa shape index (κ2) is 421. The van der Waals surface area contributed by atoms with Crippen molar-refractivity contribution in [1.82, 2.24) is 80.7 Å². The molecule has 11 rings (SSSR count). The van der Waals surface area contributed by atoms with E-state index in [0.717, 1.165) is 5.82 Å². The van der Waals surface area contributed by atoms with Crippen LogP contribution in [0.25, 0.3) is 0 Å². The van der Waals surface area contributed by atoms with Crippen LogP contribution in [0.4, 0.5) is 0 Å². The number of aromatic amines is 3. The molecule has 3 N–H and O–H groups in total. The summed E-state index contributed by atoms with van der Waals surface area (Å²) in [6, 6.07) is 27.3. The fourth-order valence-electron chi connectivity index (χ4n) is 2.76. The zero-order valence-corrected chi connectivity index (χ0v) is 119. The molecule has 0 atom stereocenters. The van der Waals surface area contributed by atoms with Gasteiger partial charge in [0.05, 0.1) is 30.6 Å². The molecule has 121 heavy (non-hydrogen) atoms. The van der Waals surface area contributed by atoms with E-state index in [1.165, 1.54) is 43.5 Å². The molecular weight excluding hydrogens is 2300 g/mol. The van der Waals surface area contributed by atoms with E-state index in [9.17, 15) is 0 Å². The van der Waals surface area contributed by atoms with E-state index in [0.29, 0.717) is 0 Å². The monoisotopic (exact) mass is 2500 g/mol. The summed E-state index contributed by atoms with van der Waals surface area (Å²) >= 11 is 3.31. The second-order valence-corrected chi connectivity index (χ2v) is 11.4. The minimum absolute atomic E-state index is 0. The Morgan fingerprint density at radius 2 is 0.645 bits per heavy atom. The predicted octanol–water partition coefficient (Wildman–Crippen LogP) is 33.6. The summed E-state index contributed by atoms with van der Waals surface area (Å²) in [6.07, 6.45) is 30.7. The van der Waals surface area contributed by atoms with Gasteiger partial charge >= 0.3 is 0 Å². The van der Waals surface area contributed by atoms with Crippen LogP contribution in [0.1, 0.15) is 288 Å². The number of thiophene rings is 1. The number of thiazole rings is 1. The molecule has 0 aliphatic heterocycles. The molecule has 0 aliphatic rings. The third-order valence-electron chi connectivity index (χ3n) is 5.23. The van der Waals surface area contributed by atoms with E-state index in [2.05, 4.69) is 109 Å². The molecule has 0 unspecified atom stereocenters. The molecule has 704 valence electrons. The van der Waals surface area contributed by atoms with Crippen molar-refractivity contribution in [3.8, 4) is 0 Å². The number of aromatic nitrogens is 16. The van der Waals surface area contributed by atoms with E-state index in [1.54, 1.807) is 115 Å². The molecule has 0 saturated heterocycles. The van der Waals surface area contributed by atoms with E-state index >= 15 is 0 Å². The van der Waals surface area contributed by atoms with Crippen molar-refractivity contribution in [2.75, 3.05) is 0 Å². The van der Waals surface area contributed by atoms with Gasteiger partial charge in [-0.1, -0.05) is 336 Å². The summed E-state index contributed by atoms with van der Waals surface area (Å²) in [6.45, 7) is 83.9. The van der Waals surface area contributed by atoms with Gasteiger partial charge in [-0.25, -0.2) is 34.9 Å². The van der Waals surface area contributed by atoms with Crippen molar-refractivity contribution in [3.63, 3.8) is 0 Å². The largest absolute Gasteiger partial charge is 0.473 e. The molecule has 10 aromatic heterocycles. The molecule has 30 heteroatoms. The maximum atomic E-state index is 4.58. The van der Waals surface area contributed by atoms with Crippen LogP contribution < -0.4 is 0 Å². The van der Waals surface area contributed by atoms with Crippen molar-refractivity contribution < 1.29 is 336 Å². The summed E-state index contributed by atoms with van der Waals surface area (Å²) in [7, 11) is 0. The first-order chi connectivity index (χ1) is 50.3. The topological polar surface area (TPSA) is 241 Å². The van der Waals surface area contributed by atoms with E-state index in [4.69, 9.17) is 0 Å². The molecule has 0 amide bonds. The number of tetrazole rings is 1. The Balaban J connectivity index is -0.0000000149. The number of H-pyrrole nitrogens is 3. The number of benzene rings is 1. The van der Waals surface area contributed by atoms with Crippen molar-refractivity contribution in [1.29, 1.82) is 0 Å². The fraction of sp³-hybridized carbons (Fsp3) is 0.462.